The molecular weight excluding hydrogens is 332 g/mol. The van der Waals surface area contributed by atoms with E-state index in [1.54, 1.807) is 7.11 Å². The van der Waals surface area contributed by atoms with Crippen molar-refractivity contribution in [1.29, 1.82) is 0 Å². The van der Waals surface area contributed by atoms with Crippen molar-refractivity contribution in [1.82, 2.24) is 4.90 Å². The summed E-state index contributed by atoms with van der Waals surface area (Å²) in [5.74, 6) is 0.916. The van der Waals surface area contributed by atoms with Crippen LogP contribution in [0.3, 0.4) is 0 Å². The average molecular weight is 367 g/mol. The minimum absolute atomic E-state index is 0.381. The lowest BCUT2D eigenvalue weighted by atomic mass is 9.89. The summed E-state index contributed by atoms with van der Waals surface area (Å²) in [4.78, 5) is 2.67. The molecule has 1 aliphatic rings. The normalized spacial score (nSPS) is 20.1. The number of hydrogen-bond acceptors (Lipinski definition) is 3. The Morgan fingerprint density at radius 1 is 0.926 bits per heavy atom. The summed E-state index contributed by atoms with van der Waals surface area (Å²) in [6.45, 7) is 8.65. The Kier molecular flexibility index (Phi) is 6.56. The molecule has 0 spiro atoms. The predicted octanol–water partition coefficient (Wildman–Crippen LogP) is 4.89. The number of rotatable bonds is 6. The largest absolute Gasteiger partial charge is 0.497 e. The first-order chi connectivity index (χ1) is 13.0. The zero-order valence-corrected chi connectivity index (χ0v) is 17.3. The van der Waals surface area contributed by atoms with E-state index in [1.165, 1.54) is 40.7 Å². The van der Waals surface area contributed by atoms with Crippen LogP contribution in [0, 0.1) is 20.8 Å². The van der Waals surface area contributed by atoms with Crippen LogP contribution in [0.15, 0.2) is 36.4 Å². The second kappa shape index (κ2) is 8.90. The van der Waals surface area contributed by atoms with Crippen LogP contribution in [0.1, 0.15) is 53.5 Å². The molecule has 0 aromatic heterocycles. The Balaban J connectivity index is 1.83. The van der Waals surface area contributed by atoms with Crippen LogP contribution in [0.5, 0.6) is 5.75 Å². The monoisotopic (exact) mass is 366 g/mol. The molecule has 0 saturated heterocycles. The van der Waals surface area contributed by atoms with Crippen molar-refractivity contribution in [3.8, 4) is 5.75 Å². The van der Waals surface area contributed by atoms with Gasteiger partial charge in [-0.05, 0) is 80.8 Å². The molecule has 3 rings (SSSR count). The maximum absolute atomic E-state index is 6.17. The molecular formula is C24H34N2O. The molecule has 27 heavy (non-hydrogen) atoms. The quantitative estimate of drug-likeness (QED) is 0.791. The Bertz CT molecular complexity index is 722. The highest BCUT2D eigenvalue weighted by Gasteiger charge is 2.25. The Hall–Kier alpha value is -1.84. The molecule has 146 valence electrons. The molecule has 2 aromatic rings. The first kappa shape index (κ1) is 19.9. The van der Waals surface area contributed by atoms with Gasteiger partial charge in [0, 0.05) is 25.2 Å². The van der Waals surface area contributed by atoms with Crippen LogP contribution < -0.4 is 10.5 Å². The maximum Gasteiger partial charge on any atom is 0.118 e. The smallest absolute Gasteiger partial charge is 0.118 e. The third-order valence-electron chi connectivity index (χ3n) is 6.00. The van der Waals surface area contributed by atoms with Gasteiger partial charge in [0.2, 0.25) is 0 Å². The van der Waals surface area contributed by atoms with Crippen molar-refractivity contribution >= 4 is 0 Å². The van der Waals surface area contributed by atoms with Gasteiger partial charge in [-0.3, -0.25) is 4.90 Å². The van der Waals surface area contributed by atoms with E-state index in [1.807, 2.05) is 0 Å². The standard InChI is InChI=1S/C24H34N2O/c1-17-13-18(2)24(19(3)14-17)16-26(22-9-7-21(25)8-10-22)15-20-5-11-23(27-4)12-6-20/h5-6,11-14,21-22H,7-10,15-16,25H2,1-4H3. The van der Waals surface area contributed by atoms with E-state index in [4.69, 9.17) is 10.5 Å². The van der Waals surface area contributed by atoms with Gasteiger partial charge in [-0.1, -0.05) is 29.8 Å². The van der Waals surface area contributed by atoms with E-state index in [-0.39, 0.29) is 0 Å². The zero-order chi connectivity index (χ0) is 19.4. The topological polar surface area (TPSA) is 38.5 Å². The van der Waals surface area contributed by atoms with Crippen LogP contribution in [0.2, 0.25) is 0 Å². The first-order valence-corrected chi connectivity index (χ1v) is 10.2. The summed E-state index contributed by atoms with van der Waals surface area (Å²) >= 11 is 0. The van der Waals surface area contributed by atoms with Crippen molar-refractivity contribution in [2.24, 2.45) is 5.73 Å². The van der Waals surface area contributed by atoms with Crippen molar-refractivity contribution in [2.75, 3.05) is 7.11 Å². The molecule has 1 aliphatic carbocycles. The summed E-state index contributed by atoms with van der Waals surface area (Å²) in [6, 6.07) is 14.1. The summed E-state index contributed by atoms with van der Waals surface area (Å²) < 4.78 is 5.31. The molecule has 1 fully saturated rings. The molecule has 3 heteroatoms. The number of hydrogen-bond donors (Lipinski definition) is 1. The van der Waals surface area contributed by atoms with Gasteiger partial charge in [0.25, 0.3) is 0 Å². The number of methoxy groups -OCH3 is 1. The molecule has 0 radical (unpaired) electrons. The molecule has 0 atom stereocenters. The lowest BCUT2D eigenvalue weighted by Crippen LogP contribution is -2.40. The number of ether oxygens (including phenoxy) is 1. The highest BCUT2D eigenvalue weighted by atomic mass is 16.5. The van der Waals surface area contributed by atoms with Crippen LogP contribution in [0.25, 0.3) is 0 Å². The van der Waals surface area contributed by atoms with Crippen molar-refractivity contribution in [3.63, 3.8) is 0 Å². The highest BCUT2D eigenvalue weighted by Crippen LogP contribution is 2.28. The highest BCUT2D eigenvalue weighted by molar-refractivity contribution is 5.37. The van der Waals surface area contributed by atoms with Crippen LogP contribution >= 0.6 is 0 Å². The average Bonchev–Trinajstić information content (AvgIpc) is 2.65. The fourth-order valence-electron chi connectivity index (χ4n) is 4.41. The fourth-order valence-corrected chi connectivity index (χ4v) is 4.41. The van der Waals surface area contributed by atoms with Gasteiger partial charge in [0.05, 0.1) is 7.11 Å². The molecule has 1 saturated carbocycles. The molecule has 0 aliphatic heterocycles. The second-order valence-corrected chi connectivity index (χ2v) is 8.20. The molecule has 0 heterocycles. The van der Waals surface area contributed by atoms with Gasteiger partial charge in [-0.25, -0.2) is 0 Å². The molecule has 3 nitrogen and oxygen atoms in total. The van der Waals surface area contributed by atoms with Gasteiger partial charge in [-0.15, -0.1) is 0 Å². The van der Waals surface area contributed by atoms with E-state index < -0.39 is 0 Å². The minimum Gasteiger partial charge on any atom is -0.497 e. The SMILES string of the molecule is COc1ccc(CN(Cc2c(C)cc(C)cc2C)C2CCC(N)CC2)cc1. The van der Waals surface area contributed by atoms with E-state index in [2.05, 4.69) is 62.1 Å². The lowest BCUT2D eigenvalue weighted by molar-refractivity contribution is 0.133. The van der Waals surface area contributed by atoms with Crippen molar-refractivity contribution in [3.05, 3.63) is 64.2 Å². The summed E-state index contributed by atoms with van der Waals surface area (Å²) in [5, 5.41) is 0. The van der Waals surface area contributed by atoms with E-state index >= 15 is 0 Å². The van der Waals surface area contributed by atoms with Crippen LogP contribution in [-0.4, -0.2) is 24.1 Å². The lowest BCUT2D eigenvalue weighted by Gasteiger charge is -2.37. The zero-order valence-electron chi connectivity index (χ0n) is 17.3. The van der Waals surface area contributed by atoms with Crippen molar-refractivity contribution < 1.29 is 4.74 Å². The third kappa shape index (κ3) is 5.12. The van der Waals surface area contributed by atoms with Crippen LogP contribution in [0.4, 0.5) is 0 Å². The maximum atomic E-state index is 6.17. The fraction of sp³-hybridized carbons (Fsp3) is 0.500. The summed E-state index contributed by atoms with van der Waals surface area (Å²) in [7, 11) is 1.72. The van der Waals surface area contributed by atoms with E-state index in [0.717, 1.165) is 31.7 Å². The minimum atomic E-state index is 0.381. The summed E-state index contributed by atoms with van der Waals surface area (Å²) in [5.41, 5.74) is 13.1. The Morgan fingerprint density at radius 3 is 2.07 bits per heavy atom. The molecule has 0 amide bonds. The van der Waals surface area contributed by atoms with Gasteiger partial charge in [0.15, 0.2) is 0 Å². The Labute approximate surface area is 164 Å². The van der Waals surface area contributed by atoms with Crippen molar-refractivity contribution in [2.45, 2.75) is 71.6 Å². The molecule has 0 bridgehead atoms. The number of nitrogens with zero attached hydrogens (tertiary/aromatic N) is 1. The van der Waals surface area contributed by atoms with Gasteiger partial charge < -0.3 is 10.5 Å². The van der Waals surface area contributed by atoms with E-state index in [9.17, 15) is 0 Å². The predicted molar refractivity (Wildman–Crippen MR) is 113 cm³/mol. The second-order valence-electron chi connectivity index (χ2n) is 8.20. The van der Waals surface area contributed by atoms with Gasteiger partial charge in [-0.2, -0.15) is 0 Å². The first-order valence-electron chi connectivity index (χ1n) is 10.2. The van der Waals surface area contributed by atoms with Crippen LogP contribution in [-0.2, 0) is 13.1 Å². The summed E-state index contributed by atoms with van der Waals surface area (Å²) in [6.07, 6.45) is 4.66. The van der Waals surface area contributed by atoms with Gasteiger partial charge >= 0.3 is 0 Å². The molecule has 0 unspecified atom stereocenters. The number of nitrogens with two attached hydrogens (primary N) is 1. The van der Waals surface area contributed by atoms with E-state index in [0.29, 0.717) is 12.1 Å². The number of benzene rings is 2. The molecule has 2 N–H and O–H groups in total. The Morgan fingerprint density at radius 2 is 1.52 bits per heavy atom. The third-order valence-corrected chi connectivity index (χ3v) is 6.00. The molecule has 2 aromatic carbocycles. The van der Waals surface area contributed by atoms with Gasteiger partial charge in [0.1, 0.15) is 5.75 Å². The number of aryl methyl sites for hydroxylation is 3.